The maximum Gasteiger partial charge on any atom is 0.134 e. The van der Waals surface area contributed by atoms with Crippen molar-refractivity contribution >= 4 is 15.9 Å². The number of nitrogens with two attached hydrogens (primary N) is 1. The molecule has 1 aromatic heterocycles. The summed E-state index contributed by atoms with van der Waals surface area (Å²) in [7, 11) is 0. The molecule has 1 heterocycles. The predicted molar refractivity (Wildman–Crippen MR) is 64.5 cm³/mol. The molecule has 0 spiro atoms. The van der Waals surface area contributed by atoms with Crippen LogP contribution < -0.4 is 5.73 Å². The minimum atomic E-state index is 0.440. The third-order valence-corrected chi connectivity index (χ3v) is 2.81. The number of furan rings is 1. The van der Waals surface area contributed by atoms with Crippen LogP contribution in [0, 0.1) is 6.92 Å². The molecule has 0 aliphatic carbocycles. The molecule has 2 nitrogen and oxygen atoms in total. The molecule has 2 aromatic rings. The largest absolute Gasteiger partial charge is 0.460 e. The van der Waals surface area contributed by atoms with E-state index in [0.717, 1.165) is 21.6 Å². The smallest absolute Gasteiger partial charge is 0.134 e. The summed E-state index contributed by atoms with van der Waals surface area (Å²) in [5.41, 5.74) is 7.79. The van der Waals surface area contributed by atoms with Crippen LogP contribution in [0.25, 0.3) is 11.3 Å². The fourth-order valence-electron chi connectivity index (χ4n) is 1.54. The molecule has 2 N–H and O–H groups in total. The molecular weight excluding hydrogens is 254 g/mol. The highest BCUT2D eigenvalue weighted by Gasteiger charge is 2.06. The third kappa shape index (κ3) is 2.13. The topological polar surface area (TPSA) is 39.2 Å². The normalized spacial score (nSPS) is 10.6. The van der Waals surface area contributed by atoms with E-state index in [4.69, 9.17) is 10.2 Å². The lowest BCUT2D eigenvalue weighted by molar-refractivity contribution is 0.525. The summed E-state index contributed by atoms with van der Waals surface area (Å²) in [4.78, 5) is 0. The van der Waals surface area contributed by atoms with E-state index >= 15 is 0 Å². The van der Waals surface area contributed by atoms with Gasteiger partial charge in [-0.15, -0.1) is 0 Å². The standard InChI is InChI=1S/C12H12BrNO/c1-8-6-9(13)2-4-11(8)12-5-3-10(7-14)15-12/h2-6H,7,14H2,1H3. The van der Waals surface area contributed by atoms with Gasteiger partial charge in [-0.1, -0.05) is 15.9 Å². The van der Waals surface area contributed by atoms with Crippen LogP contribution in [-0.2, 0) is 6.54 Å². The molecule has 0 aliphatic rings. The Balaban J connectivity index is 2.44. The first-order chi connectivity index (χ1) is 7.20. The first-order valence-corrected chi connectivity index (χ1v) is 5.55. The van der Waals surface area contributed by atoms with Gasteiger partial charge in [0.1, 0.15) is 11.5 Å². The van der Waals surface area contributed by atoms with Crippen molar-refractivity contribution < 1.29 is 4.42 Å². The van der Waals surface area contributed by atoms with Gasteiger partial charge in [0.2, 0.25) is 0 Å². The molecule has 0 bridgehead atoms. The number of aryl methyl sites for hydroxylation is 1. The predicted octanol–water partition coefficient (Wildman–Crippen LogP) is 3.48. The van der Waals surface area contributed by atoms with Crippen LogP contribution in [0.2, 0.25) is 0 Å². The van der Waals surface area contributed by atoms with Crippen LogP contribution in [0.5, 0.6) is 0 Å². The zero-order valence-electron chi connectivity index (χ0n) is 8.46. The van der Waals surface area contributed by atoms with E-state index in [1.54, 1.807) is 0 Å². The molecule has 15 heavy (non-hydrogen) atoms. The number of halogens is 1. The Morgan fingerprint density at radius 3 is 2.67 bits per heavy atom. The minimum absolute atomic E-state index is 0.440. The second-order valence-electron chi connectivity index (χ2n) is 3.43. The van der Waals surface area contributed by atoms with Crippen molar-refractivity contribution in [1.82, 2.24) is 0 Å². The van der Waals surface area contributed by atoms with Gasteiger partial charge in [0.05, 0.1) is 6.54 Å². The van der Waals surface area contributed by atoms with Gasteiger partial charge in [-0.2, -0.15) is 0 Å². The Labute approximate surface area is 97.2 Å². The van der Waals surface area contributed by atoms with E-state index < -0.39 is 0 Å². The number of rotatable bonds is 2. The lowest BCUT2D eigenvalue weighted by Gasteiger charge is -2.02. The number of hydrogen-bond acceptors (Lipinski definition) is 2. The Morgan fingerprint density at radius 1 is 1.27 bits per heavy atom. The number of hydrogen-bond donors (Lipinski definition) is 1. The van der Waals surface area contributed by atoms with Gasteiger partial charge in [-0.05, 0) is 42.8 Å². The fraction of sp³-hybridized carbons (Fsp3) is 0.167. The maximum atomic E-state index is 5.60. The van der Waals surface area contributed by atoms with E-state index in [1.165, 1.54) is 5.56 Å². The summed E-state index contributed by atoms with van der Waals surface area (Å²) in [6, 6.07) is 9.99. The van der Waals surface area contributed by atoms with Crippen LogP contribution in [0.3, 0.4) is 0 Å². The first-order valence-electron chi connectivity index (χ1n) is 4.76. The Morgan fingerprint density at radius 2 is 2.07 bits per heavy atom. The van der Waals surface area contributed by atoms with Crippen LogP contribution in [0.4, 0.5) is 0 Å². The number of benzene rings is 1. The molecule has 0 saturated heterocycles. The monoisotopic (exact) mass is 265 g/mol. The van der Waals surface area contributed by atoms with Crippen LogP contribution in [0.15, 0.2) is 39.2 Å². The second-order valence-corrected chi connectivity index (χ2v) is 4.35. The van der Waals surface area contributed by atoms with Crippen molar-refractivity contribution in [1.29, 1.82) is 0 Å². The maximum absolute atomic E-state index is 5.60. The van der Waals surface area contributed by atoms with Gasteiger partial charge in [-0.3, -0.25) is 0 Å². The van der Waals surface area contributed by atoms with Gasteiger partial charge in [0, 0.05) is 10.0 Å². The molecule has 2 rings (SSSR count). The van der Waals surface area contributed by atoms with Crippen LogP contribution in [0.1, 0.15) is 11.3 Å². The van der Waals surface area contributed by atoms with Crippen molar-refractivity contribution in [3.05, 3.63) is 46.1 Å². The summed E-state index contributed by atoms with van der Waals surface area (Å²) in [5.74, 6) is 1.69. The highest BCUT2D eigenvalue weighted by molar-refractivity contribution is 9.10. The van der Waals surface area contributed by atoms with Crippen LogP contribution >= 0.6 is 15.9 Å². The van der Waals surface area contributed by atoms with Gasteiger partial charge in [0.15, 0.2) is 0 Å². The molecule has 0 radical (unpaired) electrons. The van der Waals surface area contributed by atoms with E-state index in [2.05, 4.69) is 28.9 Å². The highest BCUT2D eigenvalue weighted by Crippen LogP contribution is 2.27. The van der Waals surface area contributed by atoms with Gasteiger partial charge in [0.25, 0.3) is 0 Å². The van der Waals surface area contributed by atoms with Gasteiger partial charge < -0.3 is 10.2 Å². The van der Waals surface area contributed by atoms with E-state index in [-0.39, 0.29) is 0 Å². The van der Waals surface area contributed by atoms with Crippen LogP contribution in [-0.4, -0.2) is 0 Å². The molecule has 78 valence electrons. The zero-order chi connectivity index (χ0) is 10.8. The van der Waals surface area contributed by atoms with Crippen molar-refractivity contribution in [2.45, 2.75) is 13.5 Å². The summed E-state index contributed by atoms with van der Waals surface area (Å²) in [6.07, 6.45) is 0. The minimum Gasteiger partial charge on any atom is -0.460 e. The van der Waals surface area contributed by atoms with Crippen molar-refractivity contribution in [2.75, 3.05) is 0 Å². The Hall–Kier alpha value is -1.06. The van der Waals surface area contributed by atoms with Crippen molar-refractivity contribution in [3.63, 3.8) is 0 Å². The quantitative estimate of drug-likeness (QED) is 0.903. The molecular formula is C12H12BrNO. The summed E-state index contributed by atoms with van der Waals surface area (Å²) in [6.45, 7) is 2.50. The molecule has 0 aliphatic heterocycles. The summed E-state index contributed by atoms with van der Waals surface area (Å²) >= 11 is 3.44. The Kier molecular flexibility index (Phi) is 2.93. The average molecular weight is 266 g/mol. The van der Waals surface area contributed by atoms with Gasteiger partial charge >= 0.3 is 0 Å². The third-order valence-electron chi connectivity index (χ3n) is 2.32. The molecule has 0 unspecified atom stereocenters. The first kappa shape index (κ1) is 10.5. The Bertz CT molecular complexity index is 476. The lowest BCUT2D eigenvalue weighted by atomic mass is 10.1. The average Bonchev–Trinajstić information content (AvgIpc) is 2.66. The summed E-state index contributed by atoms with van der Waals surface area (Å²) < 4.78 is 6.68. The molecule has 0 atom stereocenters. The van der Waals surface area contributed by atoms with Gasteiger partial charge in [-0.25, -0.2) is 0 Å². The molecule has 0 saturated carbocycles. The van der Waals surface area contributed by atoms with Crippen molar-refractivity contribution in [3.8, 4) is 11.3 Å². The molecule has 0 fully saturated rings. The molecule has 0 amide bonds. The second kappa shape index (κ2) is 4.21. The van der Waals surface area contributed by atoms with E-state index in [9.17, 15) is 0 Å². The highest BCUT2D eigenvalue weighted by atomic mass is 79.9. The lowest BCUT2D eigenvalue weighted by Crippen LogP contribution is -1.92. The van der Waals surface area contributed by atoms with E-state index in [1.807, 2.05) is 24.3 Å². The van der Waals surface area contributed by atoms with Crippen molar-refractivity contribution in [2.24, 2.45) is 5.73 Å². The fourth-order valence-corrected chi connectivity index (χ4v) is 2.01. The molecule has 3 heteroatoms. The molecule has 1 aromatic carbocycles. The SMILES string of the molecule is Cc1cc(Br)ccc1-c1ccc(CN)o1. The van der Waals surface area contributed by atoms with E-state index in [0.29, 0.717) is 6.54 Å². The summed E-state index contributed by atoms with van der Waals surface area (Å²) in [5, 5.41) is 0. The zero-order valence-corrected chi connectivity index (χ0v) is 10.0.